The first-order valence-electron chi connectivity index (χ1n) is 7.94. The van der Waals surface area contributed by atoms with Crippen LogP contribution in [-0.4, -0.2) is 33.6 Å². The molecule has 0 saturated heterocycles. The number of benzene rings is 1. The molecule has 0 bridgehead atoms. The van der Waals surface area contributed by atoms with Gasteiger partial charge in [0, 0.05) is 37.4 Å². The Morgan fingerprint density at radius 2 is 2.12 bits per heavy atom. The highest BCUT2D eigenvalue weighted by molar-refractivity contribution is 8.13. The molecule has 26 heavy (non-hydrogen) atoms. The normalized spacial score (nSPS) is 18.3. The number of nitrogens with zero attached hydrogens (tertiary/aromatic N) is 3. The van der Waals surface area contributed by atoms with Gasteiger partial charge in [0.1, 0.15) is 10.2 Å². The minimum Gasteiger partial charge on any atom is -0.430 e. The summed E-state index contributed by atoms with van der Waals surface area (Å²) in [5, 5.41) is 0.688. The quantitative estimate of drug-likeness (QED) is 0.533. The maximum atomic E-state index is 11.7. The highest BCUT2D eigenvalue weighted by Crippen LogP contribution is 2.50. The zero-order valence-corrected chi connectivity index (χ0v) is 17.3. The van der Waals surface area contributed by atoms with Crippen LogP contribution >= 0.6 is 46.5 Å². The number of allylic oxidation sites excluding steroid dienone is 1. The van der Waals surface area contributed by atoms with Crippen LogP contribution in [0.15, 0.2) is 40.0 Å². The standard InChI is InChI=1S/C17H17Cl2N3O2S2/c1-22(2)17(23)25-15-20-16(26-21-15)24-12-6-3-10(4-7-12)13-9-11(13)5-8-14(18)19/h3-4,6-8,11,13H,5,9H2,1-2H3/t11-,13-/m0/s1. The van der Waals surface area contributed by atoms with Gasteiger partial charge in [-0.15, -0.1) is 0 Å². The Morgan fingerprint density at radius 1 is 1.38 bits per heavy atom. The fourth-order valence-electron chi connectivity index (χ4n) is 2.49. The third kappa shape index (κ3) is 5.36. The number of thioether (sulfide) groups is 1. The Hall–Kier alpha value is -1.28. The maximum absolute atomic E-state index is 11.7. The van der Waals surface area contributed by atoms with Gasteiger partial charge in [-0.05, 0) is 42.4 Å². The van der Waals surface area contributed by atoms with E-state index in [0.29, 0.717) is 32.4 Å². The van der Waals surface area contributed by atoms with E-state index in [1.807, 2.05) is 18.2 Å². The fraction of sp³-hybridized carbons (Fsp3) is 0.353. The van der Waals surface area contributed by atoms with Crippen LogP contribution in [-0.2, 0) is 0 Å². The van der Waals surface area contributed by atoms with Crippen molar-refractivity contribution in [1.82, 2.24) is 14.3 Å². The minimum absolute atomic E-state index is 0.122. The molecule has 5 nitrogen and oxygen atoms in total. The van der Waals surface area contributed by atoms with E-state index < -0.39 is 0 Å². The summed E-state index contributed by atoms with van der Waals surface area (Å²) in [5.41, 5.74) is 1.28. The predicted octanol–water partition coefficient (Wildman–Crippen LogP) is 5.92. The van der Waals surface area contributed by atoms with Crippen LogP contribution in [0.3, 0.4) is 0 Å². The Bertz CT molecular complexity index is 805. The molecule has 0 aliphatic heterocycles. The van der Waals surface area contributed by atoms with Gasteiger partial charge in [0.2, 0.25) is 5.16 Å². The van der Waals surface area contributed by atoms with Gasteiger partial charge >= 0.3 is 0 Å². The Balaban J connectivity index is 1.55. The van der Waals surface area contributed by atoms with Crippen LogP contribution in [0.4, 0.5) is 4.79 Å². The van der Waals surface area contributed by atoms with E-state index in [1.54, 1.807) is 14.1 Å². The van der Waals surface area contributed by atoms with Crippen molar-refractivity contribution in [2.24, 2.45) is 5.92 Å². The third-order valence-corrected chi connectivity index (χ3v) is 5.87. The van der Waals surface area contributed by atoms with E-state index in [-0.39, 0.29) is 5.24 Å². The molecular weight excluding hydrogens is 413 g/mol. The zero-order valence-electron chi connectivity index (χ0n) is 14.2. The molecule has 2 aromatic rings. The number of carbonyl (C=O) groups excluding carboxylic acids is 1. The topological polar surface area (TPSA) is 55.3 Å². The first-order valence-corrected chi connectivity index (χ1v) is 10.3. The molecule has 1 aliphatic carbocycles. The van der Waals surface area contributed by atoms with Crippen LogP contribution in [0, 0.1) is 5.92 Å². The molecule has 1 aromatic carbocycles. The molecule has 138 valence electrons. The van der Waals surface area contributed by atoms with Crippen molar-refractivity contribution in [3.8, 4) is 10.9 Å². The van der Waals surface area contributed by atoms with E-state index >= 15 is 0 Å². The van der Waals surface area contributed by atoms with Gasteiger partial charge < -0.3 is 9.64 Å². The Kier molecular flexibility index (Phi) is 6.45. The van der Waals surface area contributed by atoms with Crippen molar-refractivity contribution < 1.29 is 9.53 Å². The molecule has 0 spiro atoms. The smallest absolute Gasteiger partial charge is 0.299 e. The second kappa shape index (κ2) is 8.61. The van der Waals surface area contributed by atoms with E-state index in [9.17, 15) is 4.79 Å². The number of hydrogen-bond acceptors (Lipinski definition) is 6. The number of amides is 1. The van der Waals surface area contributed by atoms with Crippen molar-refractivity contribution in [3.05, 3.63) is 40.4 Å². The minimum atomic E-state index is -0.122. The lowest BCUT2D eigenvalue weighted by Crippen LogP contribution is -2.16. The van der Waals surface area contributed by atoms with E-state index in [2.05, 4.69) is 21.5 Å². The summed E-state index contributed by atoms with van der Waals surface area (Å²) < 4.78 is 10.2. The Morgan fingerprint density at radius 3 is 2.77 bits per heavy atom. The van der Waals surface area contributed by atoms with Gasteiger partial charge in [0.05, 0.1) is 0 Å². The molecule has 0 radical (unpaired) electrons. The molecule has 9 heteroatoms. The lowest BCUT2D eigenvalue weighted by atomic mass is 10.1. The molecule has 3 rings (SSSR count). The Labute approximate surface area is 170 Å². The number of aromatic nitrogens is 2. The van der Waals surface area contributed by atoms with Crippen LogP contribution in [0.1, 0.15) is 24.3 Å². The highest BCUT2D eigenvalue weighted by Gasteiger charge is 2.37. The highest BCUT2D eigenvalue weighted by atomic mass is 35.5. The van der Waals surface area contributed by atoms with Gasteiger partial charge in [-0.25, -0.2) is 0 Å². The summed E-state index contributed by atoms with van der Waals surface area (Å²) in [7, 11) is 3.37. The summed E-state index contributed by atoms with van der Waals surface area (Å²) >= 11 is 13.4. The van der Waals surface area contributed by atoms with Crippen molar-refractivity contribution in [2.75, 3.05) is 14.1 Å². The first kappa shape index (κ1) is 19.5. The van der Waals surface area contributed by atoms with Crippen LogP contribution < -0.4 is 4.74 Å². The van der Waals surface area contributed by atoms with Crippen molar-refractivity contribution in [1.29, 1.82) is 0 Å². The molecule has 1 amide bonds. The molecule has 0 unspecified atom stereocenters. The van der Waals surface area contributed by atoms with Gasteiger partial charge in [0.15, 0.2) is 0 Å². The molecule has 1 heterocycles. The summed E-state index contributed by atoms with van der Waals surface area (Å²) in [6.45, 7) is 0. The third-order valence-electron chi connectivity index (χ3n) is 3.94. The lowest BCUT2D eigenvalue weighted by Gasteiger charge is -2.06. The molecule has 0 N–H and O–H groups in total. The molecule has 2 atom stereocenters. The number of hydrogen-bond donors (Lipinski definition) is 0. The molecule has 1 fully saturated rings. The second-order valence-electron chi connectivity index (χ2n) is 6.11. The zero-order chi connectivity index (χ0) is 18.7. The van der Waals surface area contributed by atoms with Gasteiger partial charge in [-0.2, -0.15) is 9.36 Å². The number of ether oxygens (including phenoxy) is 1. The van der Waals surface area contributed by atoms with E-state index in [0.717, 1.165) is 36.1 Å². The summed E-state index contributed by atoms with van der Waals surface area (Å²) in [4.78, 5) is 17.4. The van der Waals surface area contributed by atoms with Gasteiger partial charge in [0.25, 0.3) is 10.4 Å². The summed E-state index contributed by atoms with van der Waals surface area (Å²) in [6, 6.07) is 7.99. The fourth-order valence-corrected chi connectivity index (χ4v) is 3.91. The number of rotatable bonds is 6. The molecular formula is C17H17Cl2N3O2S2. The van der Waals surface area contributed by atoms with Crippen LogP contribution in [0.2, 0.25) is 0 Å². The van der Waals surface area contributed by atoms with E-state index in [4.69, 9.17) is 27.9 Å². The first-order chi connectivity index (χ1) is 12.4. The van der Waals surface area contributed by atoms with Crippen molar-refractivity contribution in [2.45, 2.75) is 23.9 Å². The summed E-state index contributed by atoms with van der Waals surface area (Å²) in [6.07, 6.45) is 3.91. The lowest BCUT2D eigenvalue weighted by molar-refractivity contribution is 0.241. The van der Waals surface area contributed by atoms with Gasteiger partial charge in [-0.3, -0.25) is 4.79 Å². The monoisotopic (exact) mass is 429 g/mol. The largest absolute Gasteiger partial charge is 0.430 e. The second-order valence-corrected chi connectivity index (χ2v) is 8.75. The average Bonchev–Trinajstić information content (AvgIpc) is 3.25. The van der Waals surface area contributed by atoms with Crippen molar-refractivity contribution in [3.63, 3.8) is 0 Å². The predicted molar refractivity (Wildman–Crippen MR) is 107 cm³/mol. The average molecular weight is 430 g/mol. The number of halogens is 2. The van der Waals surface area contributed by atoms with Gasteiger partial charge in [-0.1, -0.05) is 41.4 Å². The maximum Gasteiger partial charge on any atom is 0.299 e. The molecule has 1 aliphatic rings. The van der Waals surface area contributed by atoms with Crippen LogP contribution in [0.5, 0.6) is 10.9 Å². The van der Waals surface area contributed by atoms with Crippen molar-refractivity contribution >= 4 is 51.7 Å². The van der Waals surface area contributed by atoms with E-state index in [1.165, 1.54) is 10.5 Å². The van der Waals surface area contributed by atoms with Crippen LogP contribution in [0.25, 0.3) is 0 Å². The molecule has 1 saturated carbocycles. The number of carbonyl (C=O) groups is 1. The summed E-state index contributed by atoms with van der Waals surface area (Å²) in [5.74, 6) is 1.85. The SMILES string of the molecule is CN(C)C(=O)Sc1nsc(Oc2ccc([C@@H]3C[C@@H]3CC=C(Cl)Cl)cc2)n1. The molecule has 1 aromatic heterocycles.